The molecule has 0 aliphatic carbocycles. The molecule has 0 aromatic heterocycles. The van der Waals surface area contributed by atoms with Crippen molar-refractivity contribution >= 4 is 39.5 Å². The van der Waals surface area contributed by atoms with Crippen molar-refractivity contribution in [3.63, 3.8) is 0 Å². The fourth-order valence-electron chi connectivity index (χ4n) is 2.31. The number of benzene rings is 2. The van der Waals surface area contributed by atoms with E-state index in [1.807, 2.05) is 23.5 Å². The average Bonchev–Trinajstić information content (AvgIpc) is 2.57. The van der Waals surface area contributed by atoms with Gasteiger partial charge in [0, 0.05) is 14.7 Å². The summed E-state index contributed by atoms with van der Waals surface area (Å²) in [6, 6.07) is 15.6. The van der Waals surface area contributed by atoms with Crippen molar-refractivity contribution in [2.45, 2.75) is 38.6 Å². The van der Waals surface area contributed by atoms with Crippen LogP contribution < -0.4 is 0 Å². The summed E-state index contributed by atoms with van der Waals surface area (Å²) in [5, 5.41) is 0. The third kappa shape index (κ3) is 3.21. The minimum Gasteiger partial charge on any atom is -0.111 e. The van der Waals surface area contributed by atoms with E-state index in [0.717, 1.165) is 12.8 Å². The lowest BCUT2D eigenvalue weighted by atomic mass is 10.0. The number of thioether (sulfide) groups is 1. The van der Waals surface area contributed by atoms with Crippen molar-refractivity contribution in [2.24, 2.45) is 0 Å². The van der Waals surface area contributed by atoms with Crippen LogP contribution in [-0.4, -0.2) is 4.16 Å². The maximum atomic E-state index is 3.60. The molecule has 3 heteroatoms. The molecule has 19 heavy (non-hydrogen) atoms. The van der Waals surface area contributed by atoms with Crippen LogP contribution in [0.25, 0.3) is 0 Å². The van der Waals surface area contributed by atoms with Gasteiger partial charge in [-0.25, -0.2) is 0 Å². The number of halogens is 1. The number of hydrogen-bond donors (Lipinski definition) is 0. The maximum absolute atomic E-state index is 3.60. The van der Waals surface area contributed by atoms with Crippen LogP contribution in [0.5, 0.6) is 0 Å². The van der Waals surface area contributed by atoms with Gasteiger partial charge in [0.05, 0.1) is 4.16 Å². The minimum absolute atomic E-state index is 0.459. The van der Waals surface area contributed by atoms with Crippen molar-refractivity contribution in [1.82, 2.24) is 0 Å². The molecule has 0 radical (unpaired) electrons. The fourth-order valence-corrected chi connectivity index (χ4v) is 4.80. The second kappa shape index (κ2) is 5.94. The third-order valence-corrected chi connectivity index (χ3v) is 5.83. The second-order valence-corrected chi connectivity index (χ2v) is 9.12. The summed E-state index contributed by atoms with van der Waals surface area (Å²) in [6.07, 6.45) is 2.29. The molecule has 1 atom stereocenters. The van der Waals surface area contributed by atoms with Crippen molar-refractivity contribution in [3.8, 4) is 0 Å². The third-order valence-electron chi connectivity index (χ3n) is 3.19. The first kappa shape index (κ1) is 13.6. The van der Waals surface area contributed by atoms with Crippen LogP contribution in [-0.2, 0) is 12.8 Å². The molecule has 1 heterocycles. The average molecular weight is 351 g/mol. The number of alkyl halides is 1. The van der Waals surface area contributed by atoms with Gasteiger partial charge in [-0.2, -0.15) is 0 Å². The molecule has 0 saturated carbocycles. The summed E-state index contributed by atoms with van der Waals surface area (Å²) in [7, 11) is 0. The van der Waals surface area contributed by atoms with Crippen molar-refractivity contribution in [1.29, 1.82) is 0 Å². The van der Waals surface area contributed by atoms with Crippen LogP contribution in [0.3, 0.4) is 0 Å². The van der Waals surface area contributed by atoms with Crippen LogP contribution in [0.15, 0.2) is 57.2 Å². The van der Waals surface area contributed by atoms with Crippen molar-refractivity contribution < 1.29 is 0 Å². The monoisotopic (exact) mass is 350 g/mol. The SMILES string of the molecule is CC(Br)Sc1ccc2c(c1)CCc1ccccc1S2. The summed E-state index contributed by atoms with van der Waals surface area (Å²) < 4.78 is 0.459. The molecule has 3 rings (SSSR count). The predicted molar refractivity (Wildman–Crippen MR) is 88.7 cm³/mol. The van der Waals surface area contributed by atoms with Gasteiger partial charge in [0.2, 0.25) is 0 Å². The molecule has 0 amide bonds. The minimum atomic E-state index is 0.459. The van der Waals surface area contributed by atoms with E-state index in [9.17, 15) is 0 Å². The van der Waals surface area contributed by atoms with E-state index in [2.05, 4.69) is 65.3 Å². The second-order valence-electron chi connectivity index (χ2n) is 4.64. The molecule has 0 nitrogen and oxygen atoms in total. The lowest BCUT2D eigenvalue weighted by Crippen LogP contribution is -1.91. The van der Waals surface area contributed by atoms with Gasteiger partial charge in [-0.1, -0.05) is 45.9 Å². The zero-order chi connectivity index (χ0) is 13.2. The molecule has 2 aromatic rings. The Kier molecular flexibility index (Phi) is 4.25. The van der Waals surface area contributed by atoms with Crippen LogP contribution in [0.2, 0.25) is 0 Å². The van der Waals surface area contributed by atoms with Crippen LogP contribution in [0.4, 0.5) is 0 Å². The quantitative estimate of drug-likeness (QED) is 0.498. The largest absolute Gasteiger partial charge is 0.111 e. The van der Waals surface area contributed by atoms with Gasteiger partial charge in [0.1, 0.15) is 0 Å². The molecule has 2 aromatic carbocycles. The zero-order valence-electron chi connectivity index (χ0n) is 10.7. The Hall–Kier alpha value is -0.380. The number of hydrogen-bond acceptors (Lipinski definition) is 2. The highest BCUT2D eigenvalue weighted by Gasteiger charge is 2.14. The van der Waals surface area contributed by atoms with Gasteiger partial charge < -0.3 is 0 Å². The Morgan fingerprint density at radius 3 is 2.63 bits per heavy atom. The van der Waals surface area contributed by atoms with Crippen LogP contribution in [0.1, 0.15) is 18.1 Å². The van der Waals surface area contributed by atoms with Gasteiger partial charge in [0.15, 0.2) is 0 Å². The van der Waals surface area contributed by atoms with Crippen molar-refractivity contribution in [3.05, 3.63) is 53.6 Å². The molecular formula is C16H15BrS2. The normalized spacial score (nSPS) is 15.3. The van der Waals surface area contributed by atoms with Gasteiger partial charge in [-0.3, -0.25) is 0 Å². The summed E-state index contributed by atoms with van der Waals surface area (Å²) >= 11 is 7.38. The van der Waals surface area contributed by atoms with E-state index >= 15 is 0 Å². The molecule has 1 aliphatic heterocycles. The Bertz CT molecular complexity index is 593. The topological polar surface area (TPSA) is 0 Å². The summed E-state index contributed by atoms with van der Waals surface area (Å²) in [5.41, 5.74) is 2.96. The highest BCUT2D eigenvalue weighted by atomic mass is 79.9. The number of fused-ring (bicyclic) bond motifs is 2. The maximum Gasteiger partial charge on any atom is 0.0619 e. The standard InChI is InChI=1S/C16H15BrS2/c1-11(17)18-14-8-9-16-13(10-14)7-6-12-4-2-3-5-15(12)19-16/h2-5,8-11H,6-7H2,1H3. The first-order valence-corrected chi connectivity index (χ1v) is 9.03. The first-order valence-electron chi connectivity index (χ1n) is 6.42. The van der Waals surface area contributed by atoms with Crippen LogP contribution in [0, 0.1) is 0 Å². The summed E-state index contributed by atoms with van der Waals surface area (Å²) in [5.74, 6) is 0. The predicted octanol–water partition coefficient (Wildman–Crippen LogP) is 5.77. The summed E-state index contributed by atoms with van der Waals surface area (Å²) in [4.78, 5) is 4.18. The Morgan fingerprint density at radius 2 is 1.79 bits per heavy atom. The van der Waals surface area contributed by atoms with Gasteiger partial charge in [-0.05, 0) is 55.2 Å². The fraction of sp³-hybridized carbons (Fsp3) is 0.250. The number of aryl methyl sites for hydroxylation is 2. The van der Waals surface area contributed by atoms with Gasteiger partial charge >= 0.3 is 0 Å². The highest BCUT2D eigenvalue weighted by Crippen LogP contribution is 2.39. The van der Waals surface area contributed by atoms with Crippen molar-refractivity contribution in [2.75, 3.05) is 0 Å². The Labute approximate surface area is 131 Å². The first-order chi connectivity index (χ1) is 9.22. The van der Waals surface area contributed by atoms with E-state index in [4.69, 9.17) is 0 Å². The Morgan fingerprint density at radius 1 is 1.05 bits per heavy atom. The van der Waals surface area contributed by atoms with E-state index in [0.29, 0.717) is 4.16 Å². The molecule has 0 fully saturated rings. The summed E-state index contributed by atoms with van der Waals surface area (Å²) in [6.45, 7) is 2.17. The van der Waals surface area contributed by atoms with Crippen LogP contribution >= 0.6 is 39.5 Å². The van der Waals surface area contributed by atoms with E-state index in [-0.39, 0.29) is 0 Å². The van der Waals surface area contributed by atoms with E-state index in [1.54, 1.807) is 0 Å². The van der Waals surface area contributed by atoms with Gasteiger partial charge in [-0.15, -0.1) is 11.8 Å². The van der Waals surface area contributed by atoms with E-state index in [1.165, 1.54) is 25.8 Å². The number of rotatable bonds is 2. The molecular weight excluding hydrogens is 336 g/mol. The molecule has 0 N–H and O–H groups in total. The zero-order valence-corrected chi connectivity index (χ0v) is 13.9. The lowest BCUT2D eigenvalue weighted by Gasteiger charge is -2.09. The van der Waals surface area contributed by atoms with E-state index < -0.39 is 0 Å². The highest BCUT2D eigenvalue weighted by molar-refractivity contribution is 9.11. The molecule has 0 bridgehead atoms. The molecule has 1 unspecified atom stereocenters. The lowest BCUT2D eigenvalue weighted by molar-refractivity contribution is 0.922. The smallest absolute Gasteiger partial charge is 0.0619 e. The molecule has 0 saturated heterocycles. The van der Waals surface area contributed by atoms with Gasteiger partial charge in [0.25, 0.3) is 0 Å². The molecule has 1 aliphatic rings. The molecule has 98 valence electrons. The Balaban J connectivity index is 1.92. The molecule has 0 spiro atoms.